The SMILES string of the molecule is COc1cccc2c1C(=O)c1ccc3cc(C)cc(OC4OC(C(=O)O)C(O)C(O)C4O)c3c1C2=O. The standard InChI is InChI=1S/C26H22O10/c1-10-8-11-6-7-13-18(20(28)12-4-3-5-14(34-2)17(12)19(13)27)16(11)15(9-10)35-26-23(31)21(29)22(30)24(36-26)25(32)33/h3-9,21-24,26,29-31H,1-2H3,(H,32,33). The van der Waals surface area contributed by atoms with Crippen LogP contribution in [-0.4, -0.2) is 75.8 Å². The van der Waals surface area contributed by atoms with Gasteiger partial charge < -0.3 is 34.6 Å². The van der Waals surface area contributed by atoms with Crippen molar-refractivity contribution >= 4 is 28.3 Å². The maximum atomic E-state index is 13.7. The minimum absolute atomic E-state index is 0.0334. The van der Waals surface area contributed by atoms with Gasteiger partial charge in [-0.1, -0.05) is 24.3 Å². The van der Waals surface area contributed by atoms with Gasteiger partial charge in [-0.15, -0.1) is 0 Å². The molecule has 4 N–H and O–H groups in total. The summed E-state index contributed by atoms with van der Waals surface area (Å²) in [5, 5.41) is 40.7. The number of aliphatic carboxylic acids is 1. The summed E-state index contributed by atoms with van der Waals surface area (Å²) in [6.07, 6.45) is -9.09. The Morgan fingerprint density at radius 2 is 1.58 bits per heavy atom. The molecule has 0 spiro atoms. The van der Waals surface area contributed by atoms with Crippen LogP contribution in [0.15, 0.2) is 42.5 Å². The van der Waals surface area contributed by atoms with Crippen molar-refractivity contribution in [3.8, 4) is 11.5 Å². The highest BCUT2D eigenvalue weighted by Gasteiger charge is 2.48. The topological polar surface area (TPSA) is 160 Å². The fourth-order valence-electron chi connectivity index (χ4n) is 4.76. The number of hydrogen-bond donors (Lipinski definition) is 4. The number of aliphatic hydroxyl groups is 3. The number of ketones is 2. The largest absolute Gasteiger partial charge is 0.496 e. The number of aliphatic hydroxyl groups excluding tert-OH is 3. The predicted octanol–water partition coefficient (Wildman–Crippen LogP) is 1.20. The van der Waals surface area contributed by atoms with E-state index < -0.39 is 48.2 Å². The van der Waals surface area contributed by atoms with E-state index in [1.165, 1.54) is 13.2 Å². The lowest BCUT2D eigenvalue weighted by Crippen LogP contribution is -2.61. The quantitative estimate of drug-likeness (QED) is 0.325. The zero-order valence-corrected chi connectivity index (χ0v) is 19.2. The zero-order valence-electron chi connectivity index (χ0n) is 19.2. The van der Waals surface area contributed by atoms with Crippen LogP contribution in [0.1, 0.15) is 37.4 Å². The number of methoxy groups -OCH3 is 1. The van der Waals surface area contributed by atoms with E-state index in [1.807, 2.05) is 0 Å². The Morgan fingerprint density at radius 1 is 0.889 bits per heavy atom. The third kappa shape index (κ3) is 3.54. The van der Waals surface area contributed by atoms with E-state index in [2.05, 4.69) is 0 Å². The Hall–Kier alpha value is -3.83. The van der Waals surface area contributed by atoms with Gasteiger partial charge in [0.2, 0.25) is 6.29 Å². The van der Waals surface area contributed by atoms with Crippen LogP contribution in [0.5, 0.6) is 11.5 Å². The first kappa shape index (κ1) is 23.9. The third-order valence-corrected chi connectivity index (χ3v) is 6.47. The lowest BCUT2D eigenvalue weighted by molar-refractivity contribution is -0.270. The molecule has 1 heterocycles. The molecular formula is C26H22O10. The highest BCUT2D eigenvalue weighted by atomic mass is 16.7. The Balaban J connectivity index is 1.67. The molecular weight excluding hydrogens is 472 g/mol. The molecule has 2 aliphatic rings. The summed E-state index contributed by atoms with van der Waals surface area (Å²) in [7, 11) is 1.41. The van der Waals surface area contributed by atoms with Gasteiger partial charge in [0, 0.05) is 22.1 Å². The number of ether oxygens (including phenoxy) is 3. The Labute approximate surface area is 204 Å². The number of carbonyl (C=O) groups is 3. The van der Waals surface area contributed by atoms with Crippen molar-refractivity contribution in [3.63, 3.8) is 0 Å². The van der Waals surface area contributed by atoms with Gasteiger partial charge in [-0.05, 0) is 36.1 Å². The predicted molar refractivity (Wildman–Crippen MR) is 123 cm³/mol. The molecule has 10 heteroatoms. The molecule has 1 saturated heterocycles. The molecule has 5 rings (SSSR count). The molecule has 1 aliphatic heterocycles. The normalized spacial score (nSPS) is 25.3. The highest BCUT2D eigenvalue weighted by Crippen LogP contribution is 2.41. The van der Waals surface area contributed by atoms with E-state index in [0.717, 1.165) is 0 Å². The lowest BCUT2D eigenvalue weighted by Gasteiger charge is -2.38. The van der Waals surface area contributed by atoms with Gasteiger partial charge in [-0.3, -0.25) is 9.59 Å². The van der Waals surface area contributed by atoms with Crippen LogP contribution in [0.3, 0.4) is 0 Å². The summed E-state index contributed by atoms with van der Waals surface area (Å²) in [4.78, 5) is 38.6. The molecule has 0 amide bonds. The van der Waals surface area contributed by atoms with E-state index in [4.69, 9.17) is 14.2 Å². The fourth-order valence-corrected chi connectivity index (χ4v) is 4.76. The molecule has 3 aromatic carbocycles. The first-order valence-electron chi connectivity index (χ1n) is 11.1. The van der Waals surface area contributed by atoms with Gasteiger partial charge in [0.1, 0.15) is 29.8 Å². The van der Waals surface area contributed by atoms with E-state index in [0.29, 0.717) is 10.9 Å². The molecule has 0 saturated carbocycles. The average molecular weight is 494 g/mol. The summed E-state index contributed by atoms with van der Waals surface area (Å²) >= 11 is 0. The number of hydrogen-bond acceptors (Lipinski definition) is 9. The molecule has 0 bridgehead atoms. The van der Waals surface area contributed by atoms with E-state index in [-0.39, 0.29) is 39.1 Å². The minimum Gasteiger partial charge on any atom is -0.496 e. The van der Waals surface area contributed by atoms with Crippen LogP contribution in [0.2, 0.25) is 0 Å². The molecule has 5 atom stereocenters. The first-order valence-corrected chi connectivity index (χ1v) is 11.1. The monoisotopic (exact) mass is 494 g/mol. The van der Waals surface area contributed by atoms with Crippen LogP contribution in [0.4, 0.5) is 0 Å². The van der Waals surface area contributed by atoms with Crippen molar-refractivity contribution in [3.05, 3.63) is 70.3 Å². The number of benzene rings is 3. The third-order valence-electron chi connectivity index (χ3n) is 6.47. The second-order valence-corrected chi connectivity index (χ2v) is 8.74. The molecule has 10 nitrogen and oxygen atoms in total. The zero-order chi connectivity index (χ0) is 25.9. The summed E-state index contributed by atoms with van der Waals surface area (Å²) in [5.74, 6) is -2.11. The smallest absolute Gasteiger partial charge is 0.335 e. The van der Waals surface area contributed by atoms with Crippen LogP contribution in [-0.2, 0) is 9.53 Å². The van der Waals surface area contributed by atoms with Crippen molar-refractivity contribution < 1.29 is 49.0 Å². The van der Waals surface area contributed by atoms with Gasteiger partial charge in [-0.25, -0.2) is 4.79 Å². The highest BCUT2D eigenvalue weighted by molar-refractivity contribution is 6.33. The Morgan fingerprint density at radius 3 is 2.28 bits per heavy atom. The van der Waals surface area contributed by atoms with E-state index in [9.17, 15) is 34.8 Å². The number of fused-ring (bicyclic) bond motifs is 4. The van der Waals surface area contributed by atoms with Gasteiger partial charge in [0.05, 0.1) is 12.7 Å². The minimum atomic E-state index is -1.88. The van der Waals surface area contributed by atoms with Crippen molar-refractivity contribution in [1.29, 1.82) is 0 Å². The molecule has 1 aliphatic carbocycles. The van der Waals surface area contributed by atoms with Crippen molar-refractivity contribution in [2.75, 3.05) is 7.11 Å². The second-order valence-electron chi connectivity index (χ2n) is 8.74. The average Bonchev–Trinajstić information content (AvgIpc) is 2.86. The maximum absolute atomic E-state index is 13.7. The molecule has 186 valence electrons. The van der Waals surface area contributed by atoms with Crippen LogP contribution < -0.4 is 9.47 Å². The van der Waals surface area contributed by atoms with E-state index in [1.54, 1.807) is 43.3 Å². The van der Waals surface area contributed by atoms with Gasteiger partial charge in [0.25, 0.3) is 0 Å². The van der Waals surface area contributed by atoms with Crippen molar-refractivity contribution in [2.24, 2.45) is 0 Å². The molecule has 0 aromatic heterocycles. The number of carboxylic acid groups (broad SMARTS) is 1. The van der Waals surface area contributed by atoms with Crippen molar-refractivity contribution in [1.82, 2.24) is 0 Å². The summed E-state index contributed by atoms with van der Waals surface area (Å²) in [6.45, 7) is 1.76. The van der Waals surface area contributed by atoms with Gasteiger partial charge in [-0.2, -0.15) is 0 Å². The number of carboxylic acids is 1. The van der Waals surface area contributed by atoms with Gasteiger partial charge in [0.15, 0.2) is 17.7 Å². The van der Waals surface area contributed by atoms with Crippen LogP contribution >= 0.6 is 0 Å². The lowest BCUT2D eigenvalue weighted by atomic mass is 9.81. The first-order chi connectivity index (χ1) is 17.1. The summed E-state index contributed by atoms with van der Waals surface area (Å²) in [5.41, 5.74) is 1.22. The molecule has 5 unspecified atom stereocenters. The summed E-state index contributed by atoms with van der Waals surface area (Å²) < 4.78 is 16.4. The van der Waals surface area contributed by atoms with Crippen LogP contribution in [0.25, 0.3) is 10.8 Å². The fraction of sp³-hybridized carbons (Fsp3) is 0.269. The maximum Gasteiger partial charge on any atom is 0.335 e. The number of carbonyl (C=O) groups excluding carboxylic acids is 2. The summed E-state index contributed by atoms with van der Waals surface area (Å²) in [6, 6.07) is 11.2. The van der Waals surface area contributed by atoms with E-state index >= 15 is 0 Å². The number of aryl methyl sites for hydroxylation is 1. The molecule has 36 heavy (non-hydrogen) atoms. The molecule has 3 aromatic rings. The molecule has 1 fully saturated rings. The second kappa shape index (κ2) is 8.68. The number of rotatable bonds is 4. The van der Waals surface area contributed by atoms with Crippen molar-refractivity contribution in [2.45, 2.75) is 37.6 Å². The molecule has 0 radical (unpaired) electrons. The Bertz CT molecular complexity index is 1430. The van der Waals surface area contributed by atoms with Crippen LogP contribution in [0, 0.1) is 6.92 Å². The Kier molecular flexibility index (Phi) is 5.76. The van der Waals surface area contributed by atoms with Gasteiger partial charge >= 0.3 is 5.97 Å².